The average molecular weight is 684 g/mol. The molecule has 1 amide bonds. The number of hydrogen-bond acceptors (Lipinski definition) is 5. The van der Waals surface area contributed by atoms with E-state index in [1.165, 1.54) is 19.4 Å². The van der Waals surface area contributed by atoms with Crippen molar-refractivity contribution < 1.29 is 19.1 Å². The first-order chi connectivity index (χ1) is 19.4. The summed E-state index contributed by atoms with van der Waals surface area (Å²) in [6.45, 7) is 0. The number of methoxy groups -OCH3 is 1. The van der Waals surface area contributed by atoms with E-state index in [9.17, 15) is 9.59 Å². The quantitative estimate of drug-likeness (QED) is 0.0604. The number of benzene rings is 4. The standard InChI is InChI=1S/C30H20Cl2IN3O4/c1-39-26-13-10-18(31)14-22(26)30(38)40-25-9-5-2-6-17(25)16-34-36-29(37)28-27(20-7-3-4-8-23(20)32)21-15-19(33)11-12-24(21)35-28/h2-16,35H,1H3,(H,36,37). The molecule has 0 atom stereocenters. The highest BCUT2D eigenvalue weighted by Crippen LogP contribution is 2.37. The lowest BCUT2D eigenvalue weighted by molar-refractivity contribution is 0.0730. The van der Waals surface area contributed by atoms with Crippen molar-refractivity contribution in [3.63, 3.8) is 0 Å². The van der Waals surface area contributed by atoms with Crippen LogP contribution in [-0.4, -0.2) is 30.2 Å². The van der Waals surface area contributed by atoms with Crippen LogP contribution in [0.2, 0.25) is 10.0 Å². The molecule has 40 heavy (non-hydrogen) atoms. The SMILES string of the molecule is COc1ccc(Cl)cc1C(=O)Oc1ccccc1C=NNC(=O)c1[nH]c2ccc(I)cc2c1-c1ccccc1Cl. The number of hydrogen-bond donors (Lipinski definition) is 2. The second kappa shape index (κ2) is 12.1. The first kappa shape index (κ1) is 27.7. The van der Waals surface area contributed by atoms with Crippen molar-refractivity contribution >= 4 is 74.8 Å². The Kier molecular flexibility index (Phi) is 8.39. The molecule has 200 valence electrons. The minimum absolute atomic E-state index is 0.176. The molecule has 7 nitrogen and oxygen atoms in total. The molecular formula is C30H20Cl2IN3O4. The Morgan fingerprint density at radius 3 is 2.52 bits per heavy atom. The van der Waals surface area contributed by atoms with E-state index in [1.54, 1.807) is 42.5 Å². The fourth-order valence-electron chi connectivity index (χ4n) is 4.17. The molecule has 0 unspecified atom stereocenters. The number of hydrazone groups is 1. The summed E-state index contributed by atoms with van der Waals surface area (Å²) in [4.78, 5) is 29.4. The van der Waals surface area contributed by atoms with Gasteiger partial charge in [-0.2, -0.15) is 5.10 Å². The van der Waals surface area contributed by atoms with E-state index in [0.29, 0.717) is 32.6 Å². The average Bonchev–Trinajstić information content (AvgIpc) is 3.32. The molecule has 10 heteroatoms. The van der Waals surface area contributed by atoms with Crippen molar-refractivity contribution in [2.75, 3.05) is 7.11 Å². The normalized spacial score (nSPS) is 11.1. The third-order valence-electron chi connectivity index (χ3n) is 6.00. The Morgan fingerprint density at radius 2 is 1.73 bits per heavy atom. The van der Waals surface area contributed by atoms with Gasteiger partial charge in [0, 0.05) is 41.2 Å². The lowest BCUT2D eigenvalue weighted by atomic mass is 10.0. The Labute approximate surface area is 253 Å². The predicted octanol–water partition coefficient (Wildman–Crippen LogP) is 7.74. The molecule has 0 saturated carbocycles. The van der Waals surface area contributed by atoms with Crippen molar-refractivity contribution in [3.05, 3.63) is 115 Å². The molecule has 0 radical (unpaired) electrons. The van der Waals surface area contributed by atoms with Crippen LogP contribution in [-0.2, 0) is 0 Å². The van der Waals surface area contributed by atoms with Gasteiger partial charge in [-0.05, 0) is 77.2 Å². The zero-order valence-electron chi connectivity index (χ0n) is 20.9. The first-order valence-corrected chi connectivity index (χ1v) is 13.7. The van der Waals surface area contributed by atoms with Gasteiger partial charge in [0.2, 0.25) is 0 Å². The number of aromatic amines is 1. The highest BCUT2D eigenvalue weighted by Gasteiger charge is 2.21. The molecule has 0 saturated heterocycles. The van der Waals surface area contributed by atoms with Crippen LogP contribution in [0.15, 0.2) is 90.0 Å². The maximum absolute atomic E-state index is 13.3. The smallest absolute Gasteiger partial charge is 0.347 e. The number of carbonyl (C=O) groups excluding carboxylic acids is 2. The van der Waals surface area contributed by atoms with E-state index >= 15 is 0 Å². The molecule has 2 N–H and O–H groups in total. The lowest BCUT2D eigenvalue weighted by Gasteiger charge is -2.10. The Bertz CT molecular complexity index is 1780. The molecule has 1 aromatic heterocycles. The van der Waals surface area contributed by atoms with Gasteiger partial charge in [-0.15, -0.1) is 0 Å². The highest BCUT2D eigenvalue weighted by atomic mass is 127. The summed E-state index contributed by atoms with van der Waals surface area (Å²) in [5.74, 6) is -0.545. The number of rotatable bonds is 7. The summed E-state index contributed by atoms with van der Waals surface area (Å²) in [5.41, 5.74) is 5.72. The third kappa shape index (κ3) is 5.84. The van der Waals surface area contributed by atoms with Crippen molar-refractivity contribution in [2.45, 2.75) is 0 Å². The van der Waals surface area contributed by atoms with Gasteiger partial charge in [0.1, 0.15) is 22.8 Å². The number of nitrogens with one attached hydrogen (secondary N) is 2. The molecule has 5 aromatic rings. The number of H-pyrrole nitrogens is 1. The van der Waals surface area contributed by atoms with Gasteiger partial charge in [-0.1, -0.05) is 53.5 Å². The van der Waals surface area contributed by atoms with Crippen molar-refractivity contribution in [1.82, 2.24) is 10.4 Å². The fourth-order valence-corrected chi connectivity index (χ4v) is 5.06. The molecule has 0 fully saturated rings. The van der Waals surface area contributed by atoms with E-state index in [2.05, 4.69) is 38.1 Å². The molecule has 0 aliphatic heterocycles. The number of fused-ring (bicyclic) bond motifs is 1. The van der Waals surface area contributed by atoms with Crippen LogP contribution in [0, 0.1) is 3.57 Å². The number of nitrogens with zero attached hydrogens (tertiary/aromatic N) is 1. The van der Waals surface area contributed by atoms with Crippen LogP contribution in [0.5, 0.6) is 11.5 Å². The van der Waals surface area contributed by atoms with Gasteiger partial charge in [0.25, 0.3) is 5.91 Å². The highest BCUT2D eigenvalue weighted by molar-refractivity contribution is 14.1. The van der Waals surface area contributed by atoms with Crippen molar-refractivity contribution in [3.8, 4) is 22.6 Å². The maximum Gasteiger partial charge on any atom is 0.347 e. The second-order valence-electron chi connectivity index (χ2n) is 8.52. The topological polar surface area (TPSA) is 92.8 Å². The number of aromatic nitrogens is 1. The summed E-state index contributed by atoms with van der Waals surface area (Å²) in [6, 6.07) is 24.7. The van der Waals surface area contributed by atoms with E-state index in [0.717, 1.165) is 20.0 Å². The Hall–Kier alpha value is -3.86. The number of para-hydroxylation sites is 1. The Morgan fingerprint density at radius 1 is 0.950 bits per heavy atom. The number of ether oxygens (including phenoxy) is 2. The maximum atomic E-state index is 13.3. The summed E-state index contributed by atoms with van der Waals surface area (Å²) in [5, 5.41) is 5.89. The molecule has 0 bridgehead atoms. The monoisotopic (exact) mass is 683 g/mol. The molecule has 1 heterocycles. The Balaban J connectivity index is 1.41. The zero-order chi connectivity index (χ0) is 28.2. The van der Waals surface area contributed by atoms with E-state index in [4.69, 9.17) is 32.7 Å². The van der Waals surface area contributed by atoms with Gasteiger partial charge in [-0.3, -0.25) is 4.79 Å². The van der Waals surface area contributed by atoms with Crippen molar-refractivity contribution in [2.24, 2.45) is 5.10 Å². The third-order valence-corrected chi connectivity index (χ3v) is 7.24. The molecule has 4 aromatic carbocycles. The van der Waals surface area contributed by atoms with E-state index in [1.807, 2.05) is 36.4 Å². The summed E-state index contributed by atoms with van der Waals surface area (Å²) < 4.78 is 11.9. The number of halogens is 3. The van der Waals surface area contributed by atoms with Crippen LogP contribution in [0.1, 0.15) is 26.4 Å². The predicted molar refractivity (Wildman–Crippen MR) is 166 cm³/mol. The van der Waals surface area contributed by atoms with Crippen LogP contribution in [0.4, 0.5) is 0 Å². The largest absolute Gasteiger partial charge is 0.496 e. The second-order valence-corrected chi connectivity index (χ2v) is 10.6. The van der Waals surface area contributed by atoms with Crippen LogP contribution in [0.25, 0.3) is 22.0 Å². The fraction of sp³-hybridized carbons (Fsp3) is 0.0333. The van der Waals surface area contributed by atoms with Crippen LogP contribution >= 0.6 is 45.8 Å². The summed E-state index contributed by atoms with van der Waals surface area (Å²) in [6.07, 6.45) is 1.40. The van der Waals surface area contributed by atoms with Gasteiger partial charge < -0.3 is 14.5 Å². The van der Waals surface area contributed by atoms with Crippen LogP contribution in [0.3, 0.4) is 0 Å². The van der Waals surface area contributed by atoms with Gasteiger partial charge >= 0.3 is 5.97 Å². The van der Waals surface area contributed by atoms with E-state index < -0.39 is 11.9 Å². The lowest BCUT2D eigenvalue weighted by Crippen LogP contribution is -2.19. The minimum Gasteiger partial charge on any atom is -0.496 e. The molecular weight excluding hydrogens is 664 g/mol. The van der Waals surface area contributed by atoms with Crippen LogP contribution < -0.4 is 14.9 Å². The molecule has 0 aliphatic carbocycles. The summed E-state index contributed by atoms with van der Waals surface area (Å²) >= 11 is 14.8. The number of amides is 1. The first-order valence-electron chi connectivity index (χ1n) is 11.9. The van der Waals surface area contributed by atoms with E-state index in [-0.39, 0.29) is 11.3 Å². The minimum atomic E-state index is -0.652. The molecule has 0 spiro atoms. The number of carbonyl (C=O) groups is 2. The number of esters is 1. The van der Waals surface area contributed by atoms with Crippen molar-refractivity contribution in [1.29, 1.82) is 0 Å². The molecule has 0 aliphatic rings. The van der Waals surface area contributed by atoms with Gasteiger partial charge in [0.15, 0.2) is 0 Å². The zero-order valence-corrected chi connectivity index (χ0v) is 24.5. The summed E-state index contributed by atoms with van der Waals surface area (Å²) in [7, 11) is 1.45. The van der Waals surface area contributed by atoms with Gasteiger partial charge in [-0.25, -0.2) is 10.2 Å². The molecule has 5 rings (SSSR count). The van der Waals surface area contributed by atoms with Gasteiger partial charge in [0.05, 0.1) is 13.3 Å².